The van der Waals surface area contributed by atoms with Gasteiger partial charge in [0.15, 0.2) is 5.82 Å². The third-order valence-corrected chi connectivity index (χ3v) is 3.25. The van der Waals surface area contributed by atoms with E-state index in [0.717, 1.165) is 12.1 Å². The summed E-state index contributed by atoms with van der Waals surface area (Å²) in [7, 11) is 0. The summed E-state index contributed by atoms with van der Waals surface area (Å²) in [6, 6.07) is 4.77. The molecule has 1 heterocycles. The molecule has 0 saturated carbocycles. The fourth-order valence-electron chi connectivity index (χ4n) is 1.32. The van der Waals surface area contributed by atoms with Crippen molar-refractivity contribution in [3.63, 3.8) is 0 Å². The van der Waals surface area contributed by atoms with Crippen molar-refractivity contribution >= 4 is 27.5 Å². The SMILES string of the molecule is FC(F)(F)c1cccc(-c2ncc(Br)c(Cl)n2)c1. The highest BCUT2D eigenvalue weighted by Crippen LogP contribution is 2.31. The van der Waals surface area contributed by atoms with Gasteiger partial charge in [0.25, 0.3) is 0 Å². The van der Waals surface area contributed by atoms with Crippen LogP contribution < -0.4 is 0 Å². The van der Waals surface area contributed by atoms with E-state index >= 15 is 0 Å². The molecule has 94 valence electrons. The van der Waals surface area contributed by atoms with Crippen molar-refractivity contribution < 1.29 is 13.2 Å². The topological polar surface area (TPSA) is 25.8 Å². The zero-order valence-corrected chi connectivity index (χ0v) is 11.0. The molecule has 0 N–H and O–H groups in total. The highest BCUT2D eigenvalue weighted by molar-refractivity contribution is 9.10. The monoisotopic (exact) mass is 336 g/mol. The maximum atomic E-state index is 12.6. The Bertz CT molecular complexity index is 587. The van der Waals surface area contributed by atoms with Crippen LogP contribution in [0, 0.1) is 0 Å². The standard InChI is InChI=1S/C11H5BrClF3N2/c12-8-5-17-10(18-9(8)13)6-2-1-3-7(4-6)11(14,15)16/h1-5H. The van der Waals surface area contributed by atoms with Gasteiger partial charge in [-0.25, -0.2) is 9.97 Å². The van der Waals surface area contributed by atoms with E-state index in [1.807, 2.05) is 0 Å². The third kappa shape index (κ3) is 2.81. The van der Waals surface area contributed by atoms with Crippen molar-refractivity contribution in [1.29, 1.82) is 0 Å². The molecule has 18 heavy (non-hydrogen) atoms. The lowest BCUT2D eigenvalue weighted by atomic mass is 10.1. The lowest BCUT2D eigenvalue weighted by molar-refractivity contribution is -0.137. The minimum atomic E-state index is -4.39. The van der Waals surface area contributed by atoms with Gasteiger partial charge in [0, 0.05) is 11.8 Å². The van der Waals surface area contributed by atoms with Crippen LogP contribution in [0.15, 0.2) is 34.9 Å². The van der Waals surface area contributed by atoms with E-state index in [1.165, 1.54) is 18.3 Å². The first-order chi connectivity index (χ1) is 8.38. The highest BCUT2D eigenvalue weighted by atomic mass is 79.9. The molecular weight excluding hydrogens is 332 g/mol. The summed E-state index contributed by atoms with van der Waals surface area (Å²) in [5.41, 5.74) is -0.484. The van der Waals surface area contributed by atoms with Gasteiger partial charge < -0.3 is 0 Å². The number of alkyl halides is 3. The molecule has 2 nitrogen and oxygen atoms in total. The molecule has 0 atom stereocenters. The van der Waals surface area contributed by atoms with Gasteiger partial charge in [-0.1, -0.05) is 23.7 Å². The van der Waals surface area contributed by atoms with E-state index in [0.29, 0.717) is 4.47 Å². The molecule has 0 amide bonds. The molecule has 0 radical (unpaired) electrons. The van der Waals surface area contributed by atoms with Gasteiger partial charge >= 0.3 is 6.18 Å². The highest BCUT2D eigenvalue weighted by Gasteiger charge is 2.30. The fraction of sp³-hybridized carbons (Fsp3) is 0.0909. The second-order valence-electron chi connectivity index (χ2n) is 3.41. The molecule has 1 aromatic carbocycles. The van der Waals surface area contributed by atoms with Crippen LogP contribution in [-0.2, 0) is 6.18 Å². The summed E-state index contributed by atoms with van der Waals surface area (Å²) in [5, 5.41) is 0.150. The third-order valence-electron chi connectivity index (χ3n) is 2.15. The number of aromatic nitrogens is 2. The first kappa shape index (κ1) is 13.3. The Hall–Kier alpha value is -1.14. The molecule has 2 aromatic rings. The van der Waals surface area contributed by atoms with E-state index in [-0.39, 0.29) is 16.5 Å². The van der Waals surface area contributed by atoms with Crippen molar-refractivity contribution in [2.75, 3.05) is 0 Å². The summed E-state index contributed by atoms with van der Waals surface area (Å²) in [4.78, 5) is 7.83. The van der Waals surface area contributed by atoms with E-state index in [4.69, 9.17) is 11.6 Å². The molecule has 0 aliphatic carbocycles. The molecule has 2 rings (SSSR count). The second kappa shape index (κ2) is 4.85. The minimum Gasteiger partial charge on any atom is -0.235 e. The largest absolute Gasteiger partial charge is 0.416 e. The van der Waals surface area contributed by atoms with Gasteiger partial charge in [0.05, 0.1) is 10.0 Å². The molecule has 0 saturated heterocycles. The Morgan fingerprint density at radius 2 is 1.94 bits per heavy atom. The molecule has 0 aliphatic rings. The number of benzene rings is 1. The Morgan fingerprint density at radius 3 is 2.56 bits per heavy atom. The molecule has 7 heteroatoms. The Morgan fingerprint density at radius 1 is 1.22 bits per heavy atom. The molecular formula is C11H5BrClF3N2. The first-order valence-electron chi connectivity index (χ1n) is 4.73. The predicted molar refractivity (Wildman–Crippen MR) is 65.2 cm³/mol. The van der Waals surface area contributed by atoms with Crippen molar-refractivity contribution in [2.45, 2.75) is 6.18 Å². The quantitative estimate of drug-likeness (QED) is 0.712. The molecule has 0 spiro atoms. The fourth-order valence-corrected chi connectivity index (χ4v) is 1.64. The Balaban J connectivity index is 2.48. The van der Waals surface area contributed by atoms with Gasteiger partial charge in [-0.3, -0.25) is 0 Å². The van der Waals surface area contributed by atoms with Gasteiger partial charge in [-0.15, -0.1) is 0 Å². The average molecular weight is 338 g/mol. The van der Waals surface area contributed by atoms with Crippen molar-refractivity contribution in [3.05, 3.63) is 45.7 Å². The molecule has 0 fully saturated rings. The van der Waals surface area contributed by atoms with Crippen LogP contribution >= 0.6 is 27.5 Å². The lowest BCUT2D eigenvalue weighted by Crippen LogP contribution is -2.04. The van der Waals surface area contributed by atoms with E-state index < -0.39 is 11.7 Å². The van der Waals surface area contributed by atoms with Crippen LogP contribution in [-0.4, -0.2) is 9.97 Å². The van der Waals surface area contributed by atoms with E-state index in [2.05, 4.69) is 25.9 Å². The number of halogens is 5. The van der Waals surface area contributed by atoms with E-state index in [1.54, 1.807) is 0 Å². The van der Waals surface area contributed by atoms with Gasteiger partial charge in [0.1, 0.15) is 5.15 Å². The van der Waals surface area contributed by atoms with Crippen molar-refractivity contribution in [1.82, 2.24) is 9.97 Å². The summed E-state index contributed by atoms with van der Waals surface area (Å²) in [6.45, 7) is 0. The van der Waals surface area contributed by atoms with Crippen LogP contribution in [0.5, 0.6) is 0 Å². The molecule has 0 bridgehead atoms. The number of hydrogen-bond acceptors (Lipinski definition) is 2. The summed E-state index contributed by atoms with van der Waals surface area (Å²) in [6.07, 6.45) is -3.00. The Kier molecular flexibility index (Phi) is 3.59. The van der Waals surface area contributed by atoms with Gasteiger partial charge in [-0.2, -0.15) is 13.2 Å². The van der Waals surface area contributed by atoms with Crippen LogP contribution in [0.2, 0.25) is 5.15 Å². The normalized spacial score (nSPS) is 11.6. The first-order valence-corrected chi connectivity index (χ1v) is 5.90. The zero-order valence-electron chi connectivity index (χ0n) is 8.67. The number of nitrogens with zero attached hydrogens (tertiary/aromatic N) is 2. The zero-order chi connectivity index (χ0) is 13.3. The van der Waals surface area contributed by atoms with E-state index in [9.17, 15) is 13.2 Å². The predicted octanol–water partition coefficient (Wildman–Crippen LogP) is 4.58. The number of rotatable bonds is 1. The lowest BCUT2D eigenvalue weighted by Gasteiger charge is -2.08. The smallest absolute Gasteiger partial charge is 0.235 e. The molecule has 0 unspecified atom stereocenters. The maximum Gasteiger partial charge on any atom is 0.416 e. The Labute approximate surface area is 114 Å². The van der Waals surface area contributed by atoms with Gasteiger partial charge in [-0.05, 0) is 28.1 Å². The maximum absolute atomic E-state index is 12.6. The second-order valence-corrected chi connectivity index (χ2v) is 4.62. The summed E-state index contributed by atoms with van der Waals surface area (Å²) >= 11 is 8.88. The van der Waals surface area contributed by atoms with Crippen LogP contribution in [0.25, 0.3) is 11.4 Å². The minimum absolute atomic E-state index is 0.148. The van der Waals surface area contributed by atoms with Crippen LogP contribution in [0.1, 0.15) is 5.56 Å². The number of hydrogen-bond donors (Lipinski definition) is 0. The summed E-state index contributed by atoms with van der Waals surface area (Å²) in [5.74, 6) is 0.148. The van der Waals surface area contributed by atoms with Crippen LogP contribution in [0.3, 0.4) is 0 Å². The van der Waals surface area contributed by atoms with Crippen molar-refractivity contribution in [2.24, 2.45) is 0 Å². The van der Waals surface area contributed by atoms with Crippen molar-refractivity contribution in [3.8, 4) is 11.4 Å². The van der Waals surface area contributed by atoms with Gasteiger partial charge in [0.2, 0.25) is 0 Å². The molecule has 0 aliphatic heterocycles. The average Bonchev–Trinajstić information content (AvgIpc) is 2.32. The molecule has 1 aromatic heterocycles. The summed E-state index contributed by atoms with van der Waals surface area (Å²) < 4.78 is 38.1. The van der Waals surface area contributed by atoms with Crippen LogP contribution in [0.4, 0.5) is 13.2 Å².